The Morgan fingerprint density at radius 1 is 0.833 bits per heavy atom. The third-order valence-corrected chi connectivity index (χ3v) is 11.8. The number of amides is 4. The lowest BCUT2D eigenvalue weighted by Crippen LogP contribution is -2.60. The second kappa shape index (κ2) is 17.3. The summed E-state index contributed by atoms with van der Waals surface area (Å²) in [7, 11) is 0. The molecule has 0 aromatic heterocycles. The van der Waals surface area contributed by atoms with Crippen molar-refractivity contribution in [2.45, 2.75) is 75.5 Å². The van der Waals surface area contributed by atoms with Crippen molar-refractivity contribution in [3.05, 3.63) is 101 Å². The van der Waals surface area contributed by atoms with Crippen molar-refractivity contribution >= 4 is 40.9 Å². The molecule has 1 atom stereocenters. The molecule has 54 heavy (non-hydrogen) atoms. The first-order valence-corrected chi connectivity index (χ1v) is 19.9. The molecule has 1 aliphatic carbocycles. The number of nitrogens with one attached hydrogen (secondary N) is 3. The number of carbonyl (C=O) groups excluding carboxylic acids is 4. The van der Waals surface area contributed by atoms with Gasteiger partial charge in [0.2, 0.25) is 11.8 Å². The molecule has 3 aromatic carbocycles. The number of para-hydroxylation sites is 1. The first kappa shape index (κ1) is 37.8. The van der Waals surface area contributed by atoms with Crippen molar-refractivity contribution in [1.29, 1.82) is 0 Å². The fourth-order valence-electron chi connectivity index (χ4n) is 8.52. The molecule has 4 aliphatic rings. The van der Waals surface area contributed by atoms with E-state index in [0.717, 1.165) is 75.2 Å². The predicted octanol–water partition coefficient (Wildman–Crippen LogP) is 4.20. The number of rotatable bonds is 11. The zero-order valence-electron chi connectivity index (χ0n) is 31.0. The molecule has 3 heterocycles. The number of benzene rings is 3. The minimum atomic E-state index is -0.884. The molecular weight excluding hydrogens is 702 g/mol. The van der Waals surface area contributed by atoms with Crippen LogP contribution in [0.3, 0.4) is 0 Å². The van der Waals surface area contributed by atoms with Gasteiger partial charge in [-0.15, -0.1) is 0 Å². The Morgan fingerprint density at radius 2 is 1.50 bits per heavy atom. The molecule has 4 fully saturated rings. The van der Waals surface area contributed by atoms with Crippen molar-refractivity contribution < 1.29 is 19.2 Å². The minimum Gasteiger partial charge on any atom is -0.352 e. The molecule has 3 aliphatic heterocycles. The maximum absolute atomic E-state index is 14.4. The van der Waals surface area contributed by atoms with Crippen LogP contribution in [0, 0.1) is 0 Å². The second-order valence-corrected chi connectivity index (χ2v) is 15.7. The normalized spacial score (nSPS) is 19.9. The Hall–Kier alpha value is -4.45. The number of hydrogen-bond donors (Lipinski definition) is 3. The summed E-state index contributed by atoms with van der Waals surface area (Å²) in [5.41, 5.74) is 2.53. The summed E-state index contributed by atoms with van der Waals surface area (Å²) >= 11 is 6.17. The minimum absolute atomic E-state index is 0.00890. The lowest BCUT2D eigenvalue weighted by Gasteiger charge is -2.44. The zero-order chi connectivity index (χ0) is 37.5. The number of halogens is 1. The highest BCUT2D eigenvalue weighted by molar-refractivity contribution is 6.30. The van der Waals surface area contributed by atoms with Crippen LogP contribution in [0.15, 0.2) is 78.9 Å². The third kappa shape index (κ3) is 8.91. The van der Waals surface area contributed by atoms with Gasteiger partial charge in [0.05, 0.1) is 6.67 Å². The van der Waals surface area contributed by atoms with Gasteiger partial charge >= 0.3 is 0 Å². The molecule has 3 N–H and O–H groups in total. The summed E-state index contributed by atoms with van der Waals surface area (Å²) in [5.74, 6) is -0.705. The highest BCUT2D eigenvalue weighted by atomic mass is 35.5. The quantitative estimate of drug-likeness (QED) is 0.269. The van der Waals surface area contributed by atoms with Gasteiger partial charge in [0, 0.05) is 74.5 Å². The van der Waals surface area contributed by atoms with Gasteiger partial charge in [-0.1, -0.05) is 73.3 Å². The number of nitrogens with zero attached hydrogens (tertiary/aromatic N) is 4. The van der Waals surface area contributed by atoms with Crippen LogP contribution in [0.1, 0.15) is 66.4 Å². The smallest absolute Gasteiger partial charge is 0.251 e. The molecule has 1 saturated carbocycles. The van der Waals surface area contributed by atoms with E-state index in [1.807, 2.05) is 66.7 Å². The number of hydrogen-bond acceptors (Lipinski definition) is 7. The summed E-state index contributed by atoms with van der Waals surface area (Å²) < 4.78 is 0. The van der Waals surface area contributed by atoms with Gasteiger partial charge in [-0.05, 0) is 73.2 Å². The maximum atomic E-state index is 14.4. The Bertz CT molecular complexity index is 1750. The fraction of sp³-hybridized carbons (Fsp3) is 0.476. The lowest BCUT2D eigenvalue weighted by atomic mass is 9.85. The van der Waals surface area contributed by atoms with Crippen LogP contribution in [0.5, 0.6) is 0 Å². The molecule has 12 heteroatoms. The molecule has 3 saturated heterocycles. The van der Waals surface area contributed by atoms with Crippen molar-refractivity contribution in [1.82, 2.24) is 30.7 Å². The topological polar surface area (TPSA) is 117 Å². The average molecular weight is 754 g/mol. The first-order valence-electron chi connectivity index (χ1n) is 19.5. The molecule has 286 valence electrons. The maximum Gasteiger partial charge on any atom is 0.251 e. The standard InChI is InChI=1S/C42H52ClN7O4/c43-34-17-13-31(14-18-34)27-37(46-39(52)33-15-11-32(12-16-33)28-47-25-21-44-22-26-47)40(53)48-23-19-42(20-24-48)41(54)49(30-50(42)36-9-5-2-6-10-36)29-38(51)45-35-7-3-1-4-8-35/h2,5-6,9-18,35,37,44H,1,3-4,7-8,19-30H2,(H,45,51)(H,46,52). The second-order valence-electron chi connectivity index (χ2n) is 15.2. The summed E-state index contributed by atoms with van der Waals surface area (Å²) in [4.78, 5) is 63.5. The van der Waals surface area contributed by atoms with Crippen molar-refractivity contribution in [2.75, 3.05) is 57.4 Å². The van der Waals surface area contributed by atoms with E-state index in [9.17, 15) is 19.2 Å². The van der Waals surface area contributed by atoms with Crippen LogP contribution >= 0.6 is 11.6 Å². The monoisotopic (exact) mass is 753 g/mol. The van der Waals surface area contributed by atoms with Gasteiger partial charge in [-0.3, -0.25) is 24.1 Å². The molecule has 1 unspecified atom stereocenters. The van der Waals surface area contributed by atoms with E-state index >= 15 is 0 Å². The Kier molecular flexibility index (Phi) is 12.2. The summed E-state index contributed by atoms with van der Waals surface area (Å²) in [6.45, 7) is 5.74. The van der Waals surface area contributed by atoms with E-state index in [1.165, 1.54) is 6.42 Å². The van der Waals surface area contributed by atoms with Gasteiger partial charge in [-0.25, -0.2) is 0 Å². The molecule has 1 spiro atoms. The molecule has 0 radical (unpaired) electrons. The Morgan fingerprint density at radius 3 is 2.19 bits per heavy atom. The van der Waals surface area contributed by atoms with E-state index in [-0.39, 0.29) is 36.2 Å². The first-order chi connectivity index (χ1) is 26.3. The van der Waals surface area contributed by atoms with E-state index in [4.69, 9.17) is 11.6 Å². The molecule has 3 aromatic rings. The van der Waals surface area contributed by atoms with Gasteiger partial charge in [0.25, 0.3) is 11.8 Å². The van der Waals surface area contributed by atoms with Crippen LogP contribution in [-0.4, -0.2) is 108 Å². The number of carbonyl (C=O) groups is 4. The predicted molar refractivity (Wildman–Crippen MR) is 210 cm³/mol. The van der Waals surface area contributed by atoms with Crippen LogP contribution in [0.4, 0.5) is 5.69 Å². The highest BCUT2D eigenvalue weighted by Crippen LogP contribution is 2.39. The van der Waals surface area contributed by atoms with E-state index < -0.39 is 11.6 Å². The van der Waals surface area contributed by atoms with Crippen LogP contribution in [0.25, 0.3) is 0 Å². The Labute approximate surface area is 323 Å². The fourth-order valence-corrected chi connectivity index (χ4v) is 8.65. The van der Waals surface area contributed by atoms with Crippen LogP contribution in [0.2, 0.25) is 5.02 Å². The largest absolute Gasteiger partial charge is 0.352 e. The van der Waals surface area contributed by atoms with E-state index in [2.05, 4.69) is 25.8 Å². The molecule has 4 amide bonds. The lowest BCUT2D eigenvalue weighted by molar-refractivity contribution is -0.140. The van der Waals surface area contributed by atoms with Gasteiger partial charge in [-0.2, -0.15) is 0 Å². The van der Waals surface area contributed by atoms with Gasteiger partial charge in [0.15, 0.2) is 0 Å². The summed E-state index contributed by atoms with van der Waals surface area (Å²) in [5, 5.41) is 10.2. The van der Waals surface area contributed by atoms with Crippen molar-refractivity contribution in [3.63, 3.8) is 0 Å². The number of piperazine rings is 1. The van der Waals surface area contributed by atoms with Crippen molar-refractivity contribution in [3.8, 4) is 0 Å². The van der Waals surface area contributed by atoms with E-state index in [0.29, 0.717) is 49.6 Å². The zero-order valence-corrected chi connectivity index (χ0v) is 31.7. The summed E-state index contributed by atoms with van der Waals surface area (Å²) in [6.07, 6.45) is 6.49. The average Bonchev–Trinajstić information content (AvgIpc) is 3.45. The molecule has 0 bridgehead atoms. The summed E-state index contributed by atoms with van der Waals surface area (Å²) in [6, 6.07) is 24.1. The molecular formula is C42H52ClN7O4. The van der Waals surface area contributed by atoms with Crippen LogP contribution < -0.4 is 20.9 Å². The number of piperidine rings is 1. The van der Waals surface area contributed by atoms with Gasteiger partial charge in [0.1, 0.15) is 18.1 Å². The highest BCUT2D eigenvalue weighted by Gasteiger charge is 2.54. The molecule has 11 nitrogen and oxygen atoms in total. The SMILES string of the molecule is O=C(CN1CN(c2ccccc2)C2(CCN(C(=O)C(Cc3ccc(Cl)cc3)NC(=O)c3ccc(CN4CCNCC4)cc3)CC2)C1=O)NC1CCCCC1. The van der Waals surface area contributed by atoms with Crippen molar-refractivity contribution in [2.24, 2.45) is 0 Å². The molecule has 7 rings (SSSR count). The number of likely N-dealkylation sites (tertiary alicyclic amines) is 1. The van der Waals surface area contributed by atoms with E-state index in [1.54, 1.807) is 21.9 Å². The van der Waals surface area contributed by atoms with Gasteiger partial charge < -0.3 is 30.7 Å². The van der Waals surface area contributed by atoms with Crippen LogP contribution in [-0.2, 0) is 27.3 Å². The number of anilines is 1. The Balaban J connectivity index is 1.04. The third-order valence-electron chi connectivity index (χ3n) is 11.6.